The smallest absolute Gasteiger partial charge is 0.289 e. The van der Waals surface area contributed by atoms with Crippen LogP contribution in [-0.2, 0) is 0 Å². The number of hydrogen-bond donors (Lipinski definition) is 1. The Morgan fingerprint density at radius 1 is 0.946 bits per heavy atom. The predicted octanol–water partition coefficient (Wildman–Crippen LogP) is 5.82. The summed E-state index contributed by atoms with van der Waals surface area (Å²) in [5.41, 5.74) is 3.05. The van der Waals surface area contributed by atoms with Crippen LogP contribution in [0.4, 0.5) is 11.4 Å². The summed E-state index contributed by atoms with van der Waals surface area (Å²) in [5, 5.41) is 3.89. The van der Waals surface area contributed by atoms with Crippen LogP contribution >= 0.6 is 0 Å². The lowest BCUT2D eigenvalue weighted by Crippen LogP contribution is -2.48. The molecule has 0 aliphatic carbocycles. The number of carbonyl (C=O) groups excluding carboxylic acids is 2. The highest BCUT2D eigenvalue weighted by Gasteiger charge is 2.24. The molecule has 190 valence electrons. The van der Waals surface area contributed by atoms with Crippen molar-refractivity contribution >= 4 is 34.2 Å². The number of para-hydroxylation sites is 1. The molecule has 0 spiro atoms. The quantitative estimate of drug-likeness (QED) is 0.348. The summed E-state index contributed by atoms with van der Waals surface area (Å²) in [7, 11) is 0. The van der Waals surface area contributed by atoms with Crippen molar-refractivity contribution in [2.24, 2.45) is 0 Å². The summed E-state index contributed by atoms with van der Waals surface area (Å²) in [6, 6.07) is 24.5. The molecular formula is C30H31N3O4. The van der Waals surface area contributed by atoms with Crippen LogP contribution < -0.4 is 15.0 Å². The minimum absolute atomic E-state index is 0.0764. The second-order valence-electron chi connectivity index (χ2n) is 9.29. The van der Waals surface area contributed by atoms with Crippen LogP contribution in [0.15, 0.2) is 83.3 Å². The number of nitrogens with zero attached hydrogens (tertiary/aromatic N) is 2. The van der Waals surface area contributed by atoms with Crippen molar-refractivity contribution in [3.8, 4) is 5.75 Å². The van der Waals surface area contributed by atoms with Crippen molar-refractivity contribution in [2.75, 3.05) is 36.4 Å². The van der Waals surface area contributed by atoms with E-state index in [1.165, 1.54) is 0 Å². The lowest BCUT2D eigenvalue weighted by atomic mass is 10.2. The van der Waals surface area contributed by atoms with E-state index >= 15 is 0 Å². The highest BCUT2D eigenvalue weighted by atomic mass is 16.5. The van der Waals surface area contributed by atoms with E-state index in [9.17, 15) is 9.59 Å². The molecule has 1 fully saturated rings. The first-order chi connectivity index (χ1) is 18.0. The first kappa shape index (κ1) is 24.4. The number of ether oxygens (including phenoxy) is 1. The van der Waals surface area contributed by atoms with Crippen LogP contribution in [-0.4, -0.2) is 49.0 Å². The standard InChI is InChI=1S/C30H31N3O4/c1-3-21(2)36-26-9-6-8-23(19-26)29(34)31-24-11-13-25(14-12-24)32-15-17-33(18-16-32)30(35)28-20-22-7-4-5-10-27(22)37-28/h4-14,19-21H,3,15-18H2,1-2H3,(H,31,34)/t21-/m1/s1. The third-order valence-electron chi connectivity index (χ3n) is 6.70. The molecule has 1 aromatic heterocycles. The van der Waals surface area contributed by atoms with E-state index in [1.54, 1.807) is 12.1 Å². The normalized spacial score (nSPS) is 14.4. The van der Waals surface area contributed by atoms with Gasteiger partial charge in [-0.1, -0.05) is 31.2 Å². The molecule has 7 nitrogen and oxygen atoms in total. The molecule has 5 rings (SSSR count). The minimum atomic E-state index is -0.180. The number of hydrogen-bond acceptors (Lipinski definition) is 5. The molecule has 2 amide bonds. The number of furan rings is 1. The van der Waals surface area contributed by atoms with E-state index in [0.717, 1.165) is 41.9 Å². The number of benzene rings is 3. The number of amides is 2. The Labute approximate surface area is 216 Å². The van der Waals surface area contributed by atoms with Crippen molar-refractivity contribution < 1.29 is 18.7 Å². The lowest BCUT2D eigenvalue weighted by molar-refractivity contribution is 0.0717. The topological polar surface area (TPSA) is 75.0 Å². The fraction of sp³-hybridized carbons (Fsp3) is 0.267. The molecule has 1 N–H and O–H groups in total. The van der Waals surface area contributed by atoms with Gasteiger partial charge in [0.25, 0.3) is 11.8 Å². The summed E-state index contributed by atoms with van der Waals surface area (Å²) in [5.74, 6) is 0.814. The van der Waals surface area contributed by atoms with Gasteiger partial charge in [-0.25, -0.2) is 0 Å². The van der Waals surface area contributed by atoms with E-state index in [1.807, 2.05) is 78.6 Å². The van der Waals surface area contributed by atoms with E-state index < -0.39 is 0 Å². The van der Waals surface area contributed by atoms with Gasteiger partial charge in [-0.15, -0.1) is 0 Å². The SMILES string of the molecule is CC[C@@H](C)Oc1cccc(C(=O)Nc2ccc(N3CCN(C(=O)c4cc5ccccc5o4)CC3)cc2)c1. The molecule has 1 aliphatic rings. The van der Waals surface area contributed by atoms with E-state index in [2.05, 4.69) is 17.1 Å². The van der Waals surface area contributed by atoms with Crippen molar-refractivity contribution in [3.63, 3.8) is 0 Å². The Bertz CT molecular complexity index is 1350. The molecule has 3 aromatic carbocycles. The molecule has 4 aromatic rings. The molecule has 37 heavy (non-hydrogen) atoms. The maximum absolute atomic E-state index is 12.9. The fourth-order valence-electron chi connectivity index (χ4n) is 4.40. The lowest BCUT2D eigenvalue weighted by Gasteiger charge is -2.35. The predicted molar refractivity (Wildman–Crippen MR) is 146 cm³/mol. The van der Waals surface area contributed by atoms with Gasteiger partial charge in [0.15, 0.2) is 5.76 Å². The Morgan fingerprint density at radius 3 is 2.43 bits per heavy atom. The Morgan fingerprint density at radius 2 is 1.70 bits per heavy atom. The van der Waals surface area contributed by atoms with Gasteiger partial charge < -0.3 is 24.3 Å². The van der Waals surface area contributed by atoms with Crippen LogP contribution in [0.1, 0.15) is 41.2 Å². The third-order valence-corrected chi connectivity index (χ3v) is 6.70. The zero-order valence-corrected chi connectivity index (χ0v) is 21.1. The Balaban J connectivity index is 1.16. The number of fused-ring (bicyclic) bond motifs is 1. The summed E-state index contributed by atoms with van der Waals surface area (Å²) in [4.78, 5) is 29.8. The maximum Gasteiger partial charge on any atom is 0.289 e. The Kier molecular flexibility index (Phi) is 7.12. The fourth-order valence-corrected chi connectivity index (χ4v) is 4.40. The Hall–Kier alpha value is -4.26. The number of rotatable bonds is 7. The number of piperazine rings is 1. The molecule has 0 unspecified atom stereocenters. The van der Waals surface area contributed by atoms with Crippen molar-refractivity contribution in [3.05, 3.63) is 90.2 Å². The average molecular weight is 498 g/mol. The van der Waals surface area contributed by atoms with Crippen molar-refractivity contribution in [1.29, 1.82) is 0 Å². The van der Waals surface area contributed by atoms with Gasteiger partial charge in [-0.3, -0.25) is 9.59 Å². The van der Waals surface area contributed by atoms with Gasteiger partial charge in [0.2, 0.25) is 0 Å². The van der Waals surface area contributed by atoms with E-state index in [0.29, 0.717) is 30.2 Å². The first-order valence-electron chi connectivity index (χ1n) is 12.7. The van der Waals surface area contributed by atoms with Gasteiger partial charge in [-0.05, 0) is 67.9 Å². The second kappa shape index (κ2) is 10.8. The van der Waals surface area contributed by atoms with Gasteiger partial charge in [0.1, 0.15) is 11.3 Å². The number of nitrogens with one attached hydrogen (secondary N) is 1. The second-order valence-corrected chi connectivity index (χ2v) is 9.29. The molecular weight excluding hydrogens is 466 g/mol. The van der Waals surface area contributed by atoms with Gasteiger partial charge in [0, 0.05) is 48.5 Å². The molecule has 1 saturated heterocycles. The highest BCUT2D eigenvalue weighted by molar-refractivity contribution is 6.04. The largest absolute Gasteiger partial charge is 0.491 e. The van der Waals surface area contributed by atoms with Gasteiger partial charge in [-0.2, -0.15) is 0 Å². The number of anilines is 2. The molecule has 1 atom stereocenters. The zero-order chi connectivity index (χ0) is 25.8. The highest BCUT2D eigenvalue weighted by Crippen LogP contribution is 2.24. The van der Waals surface area contributed by atoms with Crippen LogP contribution in [0.3, 0.4) is 0 Å². The molecule has 7 heteroatoms. The summed E-state index contributed by atoms with van der Waals surface area (Å²) < 4.78 is 11.6. The average Bonchev–Trinajstić information content (AvgIpc) is 3.38. The van der Waals surface area contributed by atoms with E-state index in [4.69, 9.17) is 9.15 Å². The molecule has 0 radical (unpaired) electrons. The molecule has 2 heterocycles. The maximum atomic E-state index is 12.9. The molecule has 0 bridgehead atoms. The van der Waals surface area contributed by atoms with Gasteiger partial charge in [0.05, 0.1) is 6.10 Å². The zero-order valence-electron chi connectivity index (χ0n) is 21.1. The monoisotopic (exact) mass is 497 g/mol. The molecule has 0 saturated carbocycles. The minimum Gasteiger partial charge on any atom is -0.491 e. The van der Waals surface area contributed by atoms with Crippen molar-refractivity contribution in [2.45, 2.75) is 26.4 Å². The van der Waals surface area contributed by atoms with Crippen LogP contribution in [0.5, 0.6) is 5.75 Å². The number of carbonyl (C=O) groups is 2. The third kappa shape index (κ3) is 5.61. The van der Waals surface area contributed by atoms with Crippen LogP contribution in [0.25, 0.3) is 11.0 Å². The van der Waals surface area contributed by atoms with Crippen LogP contribution in [0, 0.1) is 0 Å². The summed E-state index contributed by atoms with van der Waals surface area (Å²) >= 11 is 0. The summed E-state index contributed by atoms with van der Waals surface area (Å²) in [6.45, 7) is 6.74. The van der Waals surface area contributed by atoms with Crippen LogP contribution in [0.2, 0.25) is 0 Å². The van der Waals surface area contributed by atoms with Gasteiger partial charge >= 0.3 is 0 Å². The first-order valence-corrected chi connectivity index (χ1v) is 12.7. The molecule has 1 aliphatic heterocycles. The summed E-state index contributed by atoms with van der Waals surface area (Å²) in [6.07, 6.45) is 0.992. The van der Waals surface area contributed by atoms with E-state index in [-0.39, 0.29) is 17.9 Å². The van der Waals surface area contributed by atoms with Crippen molar-refractivity contribution in [1.82, 2.24) is 4.90 Å².